The van der Waals surface area contributed by atoms with Gasteiger partial charge in [0.25, 0.3) is 5.91 Å². The van der Waals surface area contributed by atoms with Gasteiger partial charge in [-0.1, -0.05) is 13.2 Å². The van der Waals surface area contributed by atoms with Crippen molar-refractivity contribution in [3.8, 4) is 11.4 Å². The minimum Gasteiger partial charge on any atom is -0.348 e. The Hall–Kier alpha value is -3.42. The number of amides is 1. The number of aliphatic imine (C=N–C) groups is 1. The van der Waals surface area contributed by atoms with Gasteiger partial charge in [-0.15, -0.1) is 0 Å². The van der Waals surface area contributed by atoms with E-state index >= 15 is 0 Å². The number of piperidine rings is 1. The molecule has 8 heteroatoms. The molecule has 2 fully saturated rings. The van der Waals surface area contributed by atoms with Gasteiger partial charge in [-0.25, -0.2) is 19.3 Å². The highest BCUT2D eigenvalue weighted by molar-refractivity contribution is 5.98. The lowest BCUT2D eigenvalue weighted by atomic mass is 10.0. The quantitative estimate of drug-likeness (QED) is 0.573. The Morgan fingerprint density at radius 1 is 1.29 bits per heavy atom. The summed E-state index contributed by atoms with van der Waals surface area (Å²) in [7, 11) is 0. The number of aromatic nitrogens is 3. The Kier molecular flexibility index (Phi) is 5.88. The zero-order chi connectivity index (χ0) is 22.0. The highest BCUT2D eigenvalue weighted by Crippen LogP contribution is 2.47. The predicted octanol–water partition coefficient (Wildman–Crippen LogP) is 3.15. The molecule has 2 aromatic heterocycles. The van der Waals surface area contributed by atoms with E-state index in [2.05, 4.69) is 38.4 Å². The van der Waals surface area contributed by atoms with Crippen LogP contribution in [0.4, 0.5) is 4.39 Å². The Bertz CT molecular complexity index is 1030. The van der Waals surface area contributed by atoms with Crippen molar-refractivity contribution in [1.29, 1.82) is 0 Å². The standard InChI is InChI=1S/C23H25FN6O/c1-4-20(25-5-2)26-12-18-9-15-8-16(15)13-30(18)23(31)21-19(7-6-14(3)29-21)22-27-10-17(24)11-28-22/h4-7,10-11,15-16,18H,1-2,8-9,12-13H2,3H3,(H,25,26). The zero-order valence-corrected chi connectivity index (χ0v) is 17.5. The first-order valence-corrected chi connectivity index (χ1v) is 10.3. The molecule has 1 aliphatic carbocycles. The molecule has 31 heavy (non-hydrogen) atoms. The summed E-state index contributed by atoms with van der Waals surface area (Å²) in [5.41, 5.74) is 1.50. The summed E-state index contributed by atoms with van der Waals surface area (Å²) in [4.78, 5) is 32.7. The fourth-order valence-corrected chi connectivity index (χ4v) is 4.09. The van der Waals surface area contributed by atoms with E-state index in [-0.39, 0.29) is 23.5 Å². The Labute approximate surface area is 180 Å². The molecule has 1 saturated heterocycles. The second kappa shape index (κ2) is 8.75. The van der Waals surface area contributed by atoms with Crippen molar-refractivity contribution in [1.82, 2.24) is 25.2 Å². The van der Waals surface area contributed by atoms with Crippen molar-refractivity contribution in [3.63, 3.8) is 0 Å². The van der Waals surface area contributed by atoms with E-state index in [0.29, 0.717) is 42.0 Å². The van der Waals surface area contributed by atoms with Crippen LogP contribution in [0.2, 0.25) is 0 Å². The van der Waals surface area contributed by atoms with E-state index in [0.717, 1.165) is 25.2 Å². The zero-order valence-electron chi connectivity index (χ0n) is 17.5. The number of amidine groups is 1. The van der Waals surface area contributed by atoms with Crippen LogP contribution in [0.15, 0.2) is 55.0 Å². The third kappa shape index (κ3) is 4.52. The SMILES string of the molecule is C=CNC(C=C)=NCC1CC2CC2CN1C(=O)c1nc(C)ccc1-c1ncc(F)cn1. The minimum atomic E-state index is -0.531. The first-order chi connectivity index (χ1) is 15.0. The van der Waals surface area contributed by atoms with Gasteiger partial charge in [-0.3, -0.25) is 9.79 Å². The average molecular weight is 420 g/mol. The summed E-state index contributed by atoms with van der Waals surface area (Å²) < 4.78 is 13.3. The van der Waals surface area contributed by atoms with E-state index < -0.39 is 5.82 Å². The van der Waals surface area contributed by atoms with Crippen molar-refractivity contribution in [2.24, 2.45) is 16.8 Å². The van der Waals surface area contributed by atoms with Gasteiger partial charge in [-0.05, 0) is 56.0 Å². The van der Waals surface area contributed by atoms with Crippen LogP contribution >= 0.6 is 0 Å². The highest BCUT2D eigenvalue weighted by atomic mass is 19.1. The molecular formula is C23H25FN6O. The van der Waals surface area contributed by atoms with Crippen LogP contribution in [0.1, 0.15) is 29.0 Å². The molecule has 0 aromatic carbocycles. The first-order valence-electron chi connectivity index (χ1n) is 10.3. The van der Waals surface area contributed by atoms with Gasteiger partial charge in [0.2, 0.25) is 0 Å². The second-order valence-corrected chi connectivity index (χ2v) is 7.96. The lowest BCUT2D eigenvalue weighted by molar-refractivity contribution is 0.0606. The number of pyridine rings is 1. The number of nitrogens with zero attached hydrogens (tertiary/aromatic N) is 5. The summed E-state index contributed by atoms with van der Waals surface area (Å²) >= 11 is 0. The van der Waals surface area contributed by atoms with Crippen LogP contribution in [-0.2, 0) is 0 Å². The van der Waals surface area contributed by atoms with Gasteiger partial charge in [0.1, 0.15) is 11.5 Å². The van der Waals surface area contributed by atoms with Gasteiger partial charge in [-0.2, -0.15) is 0 Å². The second-order valence-electron chi connectivity index (χ2n) is 7.96. The molecule has 3 atom stereocenters. The van der Waals surface area contributed by atoms with Gasteiger partial charge in [0.05, 0.1) is 30.5 Å². The number of likely N-dealkylation sites (tertiary alicyclic amines) is 1. The maximum absolute atomic E-state index is 13.7. The number of carbonyl (C=O) groups is 1. The number of nitrogens with one attached hydrogen (secondary N) is 1. The molecule has 1 N–H and O–H groups in total. The molecule has 1 saturated carbocycles. The van der Waals surface area contributed by atoms with E-state index in [1.807, 2.05) is 11.8 Å². The number of halogens is 1. The van der Waals surface area contributed by atoms with Gasteiger partial charge >= 0.3 is 0 Å². The van der Waals surface area contributed by atoms with Crippen molar-refractivity contribution in [2.75, 3.05) is 13.1 Å². The van der Waals surface area contributed by atoms with Crippen molar-refractivity contribution < 1.29 is 9.18 Å². The van der Waals surface area contributed by atoms with Gasteiger partial charge in [0.15, 0.2) is 11.6 Å². The van der Waals surface area contributed by atoms with E-state index in [1.54, 1.807) is 24.4 Å². The summed E-state index contributed by atoms with van der Waals surface area (Å²) in [6.45, 7) is 10.4. The van der Waals surface area contributed by atoms with Crippen LogP contribution in [-0.4, -0.2) is 50.7 Å². The van der Waals surface area contributed by atoms with Gasteiger partial charge in [0, 0.05) is 12.2 Å². The Morgan fingerprint density at radius 3 is 2.77 bits per heavy atom. The molecule has 160 valence electrons. The third-order valence-electron chi connectivity index (χ3n) is 5.79. The van der Waals surface area contributed by atoms with E-state index in [1.165, 1.54) is 0 Å². The van der Waals surface area contributed by atoms with Crippen LogP contribution < -0.4 is 5.32 Å². The molecule has 0 spiro atoms. The molecule has 3 unspecified atom stereocenters. The number of hydrogen-bond acceptors (Lipinski definition) is 5. The fourth-order valence-electron chi connectivity index (χ4n) is 4.09. The molecule has 4 rings (SSSR count). The molecule has 0 radical (unpaired) electrons. The predicted molar refractivity (Wildman–Crippen MR) is 117 cm³/mol. The van der Waals surface area contributed by atoms with E-state index in [9.17, 15) is 9.18 Å². The van der Waals surface area contributed by atoms with Crippen molar-refractivity contribution >= 4 is 11.7 Å². The number of fused-ring (bicyclic) bond motifs is 1. The van der Waals surface area contributed by atoms with Crippen LogP contribution in [0, 0.1) is 24.6 Å². The van der Waals surface area contributed by atoms with Crippen molar-refractivity contribution in [2.45, 2.75) is 25.8 Å². The van der Waals surface area contributed by atoms with Gasteiger partial charge < -0.3 is 10.2 Å². The summed E-state index contributed by atoms with van der Waals surface area (Å²) in [5.74, 6) is 1.37. The first kappa shape index (κ1) is 20.8. The van der Waals surface area contributed by atoms with Crippen LogP contribution in [0.25, 0.3) is 11.4 Å². The molecule has 2 aromatic rings. The minimum absolute atomic E-state index is 0.0397. The molecule has 2 aliphatic rings. The Balaban J connectivity index is 1.65. The monoisotopic (exact) mass is 420 g/mol. The lowest BCUT2D eigenvalue weighted by Crippen LogP contribution is -2.47. The van der Waals surface area contributed by atoms with E-state index in [4.69, 9.17) is 0 Å². The molecule has 3 heterocycles. The normalized spacial score (nSPS) is 22.5. The average Bonchev–Trinajstić information content (AvgIpc) is 3.54. The van der Waals surface area contributed by atoms with Crippen LogP contribution in [0.3, 0.4) is 0 Å². The van der Waals surface area contributed by atoms with Crippen LogP contribution in [0.5, 0.6) is 0 Å². The molecular weight excluding hydrogens is 395 g/mol. The largest absolute Gasteiger partial charge is 0.348 e. The lowest BCUT2D eigenvalue weighted by Gasteiger charge is -2.35. The number of rotatable bonds is 6. The Morgan fingerprint density at radius 2 is 2.06 bits per heavy atom. The summed E-state index contributed by atoms with van der Waals surface area (Å²) in [6.07, 6.45) is 7.40. The number of carbonyl (C=O) groups excluding carboxylic acids is 1. The van der Waals surface area contributed by atoms with Crippen molar-refractivity contribution in [3.05, 3.63) is 67.2 Å². The smallest absolute Gasteiger partial charge is 0.273 e. The number of hydrogen-bond donors (Lipinski definition) is 1. The summed E-state index contributed by atoms with van der Waals surface area (Å²) in [5, 5.41) is 2.94. The molecule has 0 bridgehead atoms. The maximum Gasteiger partial charge on any atom is 0.273 e. The maximum atomic E-state index is 13.7. The highest BCUT2D eigenvalue weighted by Gasteiger charge is 2.47. The fraction of sp³-hybridized carbons (Fsp3) is 0.348. The molecule has 1 amide bonds. The summed E-state index contributed by atoms with van der Waals surface area (Å²) in [6, 6.07) is 3.52. The molecule has 7 nitrogen and oxygen atoms in total. The topological polar surface area (TPSA) is 83.4 Å². The number of aryl methyl sites for hydroxylation is 1. The molecule has 1 aliphatic heterocycles. The third-order valence-corrected chi connectivity index (χ3v) is 5.79.